The van der Waals surface area contributed by atoms with Gasteiger partial charge in [-0.05, 0) is 31.4 Å². The summed E-state index contributed by atoms with van der Waals surface area (Å²) in [6.07, 6.45) is 1.13. The largest absolute Gasteiger partial charge is 0.465 e. The molecule has 1 aliphatic rings. The summed E-state index contributed by atoms with van der Waals surface area (Å²) in [4.78, 5) is 11.9. The fourth-order valence-corrected chi connectivity index (χ4v) is 3.56. The van der Waals surface area contributed by atoms with Crippen LogP contribution in [0.2, 0.25) is 0 Å². The molecule has 1 unspecified atom stereocenters. The van der Waals surface area contributed by atoms with Crippen molar-refractivity contribution in [3.8, 4) is 0 Å². The fraction of sp³-hybridized carbons (Fsp3) is 0.462. The quantitative estimate of drug-likeness (QED) is 0.884. The molecule has 1 fully saturated rings. The van der Waals surface area contributed by atoms with Gasteiger partial charge >= 0.3 is 6.09 Å². The number of sulfonamides is 1. The maximum absolute atomic E-state index is 13.5. The number of rotatable bonds is 4. The number of likely N-dealkylation sites (tertiary alicyclic amines) is 1. The first-order valence-electron chi connectivity index (χ1n) is 6.65. The summed E-state index contributed by atoms with van der Waals surface area (Å²) in [7, 11) is -3.98. The zero-order valence-electron chi connectivity index (χ0n) is 11.3. The first-order chi connectivity index (χ1) is 9.92. The Morgan fingerprint density at radius 3 is 2.76 bits per heavy atom. The molecule has 1 heterocycles. The lowest BCUT2D eigenvalue weighted by atomic mass is 10.0. The van der Waals surface area contributed by atoms with Gasteiger partial charge in [0.25, 0.3) is 0 Å². The van der Waals surface area contributed by atoms with E-state index in [-0.39, 0.29) is 6.54 Å². The number of carboxylic acid groups (broad SMARTS) is 1. The third-order valence-corrected chi connectivity index (χ3v) is 4.96. The van der Waals surface area contributed by atoms with E-state index < -0.39 is 32.9 Å². The molecule has 1 aliphatic heterocycles. The van der Waals surface area contributed by atoms with Crippen LogP contribution in [0.3, 0.4) is 0 Å². The monoisotopic (exact) mass is 316 g/mol. The van der Waals surface area contributed by atoms with Gasteiger partial charge < -0.3 is 10.0 Å². The molecule has 21 heavy (non-hydrogen) atoms. The van der Waals surface area contributed by atoms with Gasteiger partial charge in [-0.1, -0.05) is 12.1 Å². The van der Waals surface area contributed by atoms with Crippen LogP contribution in [0.15, 0.2) is 29.2 Å². The average Bonchev–Trinajstić information content (AvgIpc) is 2.45. The highest BCUT2D eigenvalue weighted by Crippen LogP contribution is 2.18. The molecule has 0 bridgehead atoms. The number of halogens is 1. The topological polar surface area (TPSA) is 86.7 Å². The Kier molecular flexibility index (Phi) is 4.79. The lowest BCUT2D eigenvalue weighted by Crippen LogP contribution is -2.48. The number of hydrogen-bond donors (Lipinski definition) is 2. The molecule has 1 aromatic rings. The summed E-state index contributed by atoms with van der Waals surface area (Å²) in [6.45, 7) is 0.338. The van der Waals surface area contributed by atoms with Crippen molar-refractivity contribution >= 4 is 16.1 Å². The number of carbonyl (C=O) groups is 1. The molecule has 1 aromatic carbocycles. The van der Waals surface area contributed by atoms with Gasteiger partial charge in [-0.15, -0.1) is 0 Å². The van der Waals surface area contributed by atoms with Crippen LogP contribution < -0.4 is 4.72 Å². The van der Waals surface area contributed by atoms with Crippen LogP contribution in [0.1, 0.15) is 19.3 Å². The highest BCUT2D eigenvalue weighted by Gasteiger charge is 2.28. The van der Waals surface area contributed by atoms with E-state index in [1.807, 2.05) is 0 Å². The van der Waals surface area contributed by atoms with E-state index in [2.05, 4.69) is 4.72 Å². The second kappa shape index (κ2) is 6.40. The lowest BCUT2D eigenvalue weighted by molar-refractivity contribution is 0.108. The molecule has 8 heteroatoms. The van der Waals surface area contributed by atoms with Crippen molar-refractivity contribution in [2.24, 2.45) is 0 Å². The average molecular weight is 316 g/mol. The Morgan fingerprint density at radius 1 is 1.38 bits per heavy atom. The molecule has 2 rings (SSSR count). The van der Waals surface area contributed by atoms with Crippen LogP contribution in [-0.2, 0) is 10.0 Å². The predicted molar refractivity (Wildman–Crippen MR) is 74.0 cm³/mol. The van der Waals surface area contributed by atoms with Gasteiger partial charge in [-0.3, -0.25) is 0 Å². The molecule has 1 saturated heterocycles. The molecule has 2 N–H and O–H groups in total. The molecular formula is C13H17FN2O4S. The number of nitrogens with zero attached hydrogens (tertiary/aromatic N) is 1. The van der Waals surface area contributed by atoms with Crippen molar-refractivity contribution in [3.05, 3.63) is 30.1 Å². The normalized spacial score (nSPS) is 19.5. The van der Waals surface area contributed by atoms with Crippen LogP contribution in [0.25, 0.3) is 0 Å². The molecule has 0 aliphatic carbocycles. The highest BCUT2D eigenvalue weighted by atomic mass is 32.2. The van der Waals surface area contributed by atoms with Gasteiger partial charge in [0.1, 0.15) is 10.7 Å². The van der Waals surface area contributed by atoms with Crippen LogP contribution in [-0.4, -0.2) is 43.6 Å². The Morgan fingerprint density at radius 2 is 2.10 bits per heavy atom. The van der Waals surface area contributed by atoms with E-state index in [4.69, 9.17) is 5.11 Å². The summed E-state index contributed by atoms with van der Waals surface area (Å²) in [5.41, 5.74) is 0. The van der Waals surface area contributed by atoms with Crippen molar-refractivity contribution in [1.29, 1.82) is 0 Å². The zero-order chi connectivity index (χ0) is 15.5. The van der Waals surface area contributed by atoms with E-state index in [1.54, 1.807) is 0 Å². The summed E-state index contributed by atoms with van der Waals surface area (Å²) >= 11 is 0. The predicted octanol–water partition coefficient (Wildman–Crippen LogP) is 1.64. The number of amides is 1. The molecule has 1 amide bonds. The molecule has 0 saturated carbocycles. The first kappa shape index (κ1) is 15.7. The van der Waals surface area contributed by atoms with Crippen LogP contribution in [0.4, 0.5) is 9.18 Å². The van der Waals surface area contributed by atoms with Crippen molar-refractivity contribution in [2.75, 3.05) is 13.1 Å². The van der Waals surface area contributed by atoms with Crippen molar-refractivity contribution in [2.45, 2.75) is 30.2 Å². The Hall–Kier alpha value is -1.67. The summed E-state index contributed by atoms with van der Waals surface area (Å²) < 4.78 is 39.9. The van der Waals surface area contributed by atoms with Gasteiger partial charge in [0.05, 0.1) is 0 Å². The Balaban J connectivity index is 2.08. The third-order valence-electron chi connectivity index (χ3n) is 3.51. The summed E-state index contributed by atoms with van der Waals surface area (Å²) in [5, 5.41) is 9.09. The minimum absolute atomic E-state index is 0.0526. The Bertz CT molecular complexity index is 620. The van der Waals surface area contributed by atoms with Gasteiger partial charge in [0.2, 0.25) is 10.0 Å². The smallest absolute Gasteiger partial charge is 0.407 e. The molecule has 1 atom stereocenters. The minimum Gasteiger partial charge on any atom is -0.465 e. The van der Waals surface area contributed by atoms with E-state index in [1.165, 1.54) is 23.1 Å². The van der Waals surface area contributed by atoms with Crippen LogP contribution in [0, 0.1) is 5.82 Å². The van der Waals surface area contributed by atoms with Gasteiger partial charge in [0.15, 0.2) is 0 Å². The fourth-order valence-electron chi connectivity index (χ4n) is 2.41. The second-order valence-corrected chi connectivity index (χ2v) is 6.64. The van der Waals surface area contributed by atoms with E-state index in [9.17, 15) is 17.6 Å². The minimum atomic E-state index is -3.98. The van der Waals surface area contributed by atoms with Gasteiger partial charge in [0, 0.05) is 19.1 Å². The standard InChI is InChI=1S/C13H17FN2O4S/c14-11-6-1-2-7-12(11)21(19,20)15-9-10-5-3-4-8-16(10)13(17)18/h1-2,6-7,10,15H,3-5,8-9H2,(H,17,18). The molecule has 0 aromatic heterocycles. The van der Waals surface area contributed by atoms with Gasteiger partial charge in [-0.25, -0.2) is 22.3 Å². The Labute approximate surface area is 122 Å². The van der Waals surface area contributed by atoms with Gasteiger partial charge in [-0.2, -0.15) is 0 Å². The zero-order valence-corrected chi connectivity index (χ0v) is 12.1. The SMILES string of the molecule is O=C(O)N1CCCCC1CNS(=O)(=O)c1ccccc1F. The highest BCUT2D eigenvalue weighted by molar-refractivity contribution is 7.89. The van der Waals surface area contributed by atoms with Crippen LogP contribution in [0.5, 0.6) is 0 Å². The summed E-state index contributed by atoms with van der Waals surface area (Å²) in [6, 6.07) is 4.66. The van der Waals surface area contributed by atoms with Crippen LogP contribution >= 0.6 is 0 Å². The molecule has 116 valence electrons. The van der Waals surface area contributed by atoms with Crippen molar-refractivity contribution in [3.63, 3.8) is 0 Å². The summed E-state index contributed by atoms with van der Waals surface area (Å²) in [5.74, 6) is -0.830. The molecule has 0 radical (unpaired) electrons. The number of hydrogen-bond acceptors (Lipinski definition) is 3. The van der Waals surface area contributed by atoms with E-state index in [0.717, 1.165) is 18.9 Å². The van der Waals surface area contributed by atoms with Crippen molar-refractivity contribution < 1.29 is 22.7 Å². The van der Waals surface area contributed by atoms with E-state index >= 15 is 0 Å². The number of piperidine rings is 1. The lowest BCUT2D eigenvalue weighted by Gasteiger charge is -2.33. The maximum atomic E-state index is 13.5. The number of nitrogens with one attached hydrogen (secondary N) is 1. The molecular weight excluding hydrogens is 299 g/mol. The first-order valence-corrected chi connectivity index (χ1v) is 8.14. The second-order valence-electron chi connectivity index (χ2n) is 4.91. The molecule has 6 nitrogen and oxygen atoms in total. The third kappa shape index (κ3) is 3.70. The number of benzene rings is 1. The van der Waals surface area contributed by atoms with Crippen molar-refractivity contribution in [1.82, 2.24) is 9.62 Å². The maximum Gasteiger partial charge on any atom is 0.407 e. The molecule has 0 spiro atoms. The van der Waals surface area contributed by atoms with E-state index in [0.29, 0.717) is 13.0 Å².